The normalized spacial score (nSPS) is 15.9. The summed E-state index contributed by atoms with van der Waals surface area (Å²) in [5.74, 6) is 1.75. The summed E-state index contributed by atoms with van der Waals surface area (Å²) < 4.78 is 0. The largest absolute Gasteiger partial charge is 0.354 e. The first kappa shape index (κ1) is 13.4. The van der Waals surface area contributed by atoms with Gasteiger partial charge in [-0.15, -0.1) is 11.8 Å². The van der Waals surface area contributed by atoms with Gasteiger partial charge in [0.1, 0.15) is 6.54 Å². The van der Waals surface area contributed by atoms with Crippen molar-refractivity contribution < 1.29 is 9.59 Å². The van der Waals surface area contributed by atoms with Crippen molar-refractivity contribution in [3.63, 3.8) is 0 Å². The molecule has 0 spiro atoms. The van der Waals surface area contributed by atoms with Crippen LogP contribution in [-0.2, 0) is 9.59 Å². The van der Waals surface area contributed by atoms with Crippen LogP contribution >= 0.6 is 11.8 Å². The second-order valence-corrected chi connectivity index (χ2v) is 5.01. The lowest BCUT2D eigenvalue weighted by molar-refractivity contribution is -0.132. The summed E-state index contributed by atoms with van der Waals surface area (Å²) in [4.78, 5) is 24.5. The number of carbonyl (C=O) groups is 2. The van der Waals surface area contributed by atoms with E-state index in [0.717, 1.165) is 19.4 Å². The van der Waals surface area contributed by atoms with Gasteiger partial charge in [0.15, 0.2) is 0 Å². The van der Waals surface area contributed by atoms with Gasteiger partial charge < -0.3 is 10.2 Å². The monoisotopic (exact) mass is 244 g/mol. The molecule has 1 aliphatic rings. The second kappa shape index (κ2) is 6.78. The van der Waals surface area contributed by atoms with Gasteiger partial charge in [-0.25, -0.2) is 0 Å². The highest BCUT2D eigenvalue weighted by molar-refractivity contribution is 8.00. The molecule has 0 aromatic carbocycles. The summed E-state index contributed by atoms with van der Waals surface area (Å²) in [6, 6.07) is 0. The third-order valence-electron chi connectivity index (χ3n) is 2.90. The molecule has 4 nitrogen and oxygen atoms in total. The zero-order valence-electron chi connectivity index (χ0n) is 9.99. The number of nitrogens with zero attached hydrogens (tertiary/aromatic N) is 1. The van der Waals surface area contributed by atoms with E-state index in [2.05, 4.69) is 19.2 Å². The standard InChI is InChI=1S/C11H20N2O2S/c1-3-9(4-2)5-12-10(14)6-13-8-16-7-11(13)15/h9H,3-8H2,1-2H3,(H,12,14). The highest BCUT2D eigenvalue weighted by Gasteiger charge is 2.22. The number of hydrogen-bond donors (Lipinski definition) is 1. The molecule has 0 aromatic heterocycles. The van der Waals surface area contributed by atoms with Gasteiger partial charge in [0.25, 0.3) is 0 Å². The Balaban J connectivity index is 2.22. The zero-order valence-corrected chi connectivity index (χ0v) is 10.8. The van der Waals surface area contributed by atoms with Gasteiger partial charge in [-0.05, 0) is 5.92 Å². The molecule has 0 atom stereocenters. The van der Waals surface area contributed by atoms with Crippen LogP contribution in [0.25, 0.3) is 0 Å². The van der Waals surface area contributed by atoms with Gasteiger partial charge in [-0.1, -0.05) is 26.7 Å². The lowest BCUT2D eigenvalue weighted by atomic mass is 10.0. The Hall–Kier alpha value is -0.710. The van der Waals surface area contributed by atoms with Crippen LogP contribution in [-0.4, -0.2) is 41.4 Å². The van der Waals surface area contributed by atoms with E-state index in [9.17, 15) is 9.59 Å². The summed E-state index contributed by atoms with van der Waals surface area (Å²) >= 11 is 1.56. The maximum Gasteiger partial charge on any atom is 0.239 e. The zero-order chi connectivity index (χ0) is 12.0. The molecule has 16 heavy (non-hydrogen) atoms. The average molecular weight is 244 g/mol. The molecule has 92 valence electrons. The SMILES string of the molecule is CCC(CC)CNC(=O)CN1CSCC1=O. The van der Waals surface area contributed by atoms with Gasteiger partial charge in [0, 0.05) is 6.54 Å². The molecule has 5 heteroatoms. The van der Waals surface area contributed by atoms with Crippen LogP contribution in [0, 0.1) is 5.92 Å². The van der Waals surface area contributed by atoms with Crippen molar-refractivity contribution in [2.45, 2.75) is 26.7 Å². The molecule has 0 saturated carbocycles. The van der Waals surface area contributed by atoms with Crippen molar-refractivity contribution >= 4 is 23.6 Å². The van der Waals surface area contributed by atoms with Crippen LogP contribution in [0.1, 0.15) is 26.7 Å². The molecule has 1 heterocycles. The Kier molecular flexibility index (Phi) is 5.66. The molecule has 1 N–H and O–H groups in total. The maximum absolute atomic E-state index is 11.6. The van der Waals surface area contributed by atoms with Crippen LogP contribution in [0.15, 0.2) is 0 Å². The van der Waals surface area contributed by atoms with E-state index in [-0.39, 0.29) is 18.4 Å². The average Bonchev–Trinajstić information content (AvgIpc) is 2.66. The van der Waals surface area contributed by atoms with Crippen molar-refractivity contribution in [1.29, 1.82) is 0 Å². The van der Waals surface area contributed by atoms with Gasteiger partial charge in [0.05, 0.1) is 11.6 Å². The lowest BCUT2D eigenvalue weighted by Crippen LogP contribution is -2.39. The maximum atomic E-state index is 11.6. The minimum absolute atomic E-state index is 0.0391. The van der Waals surface area contributed by atoms with Crippen molar-refractivity contribution in [3.8, 4) is 0 Å². The highest BCUT2D eigenvalue weighted by atomic mass is 32.2. The van der Waals surface area contributed by atoms with E-state index in [0.29, 0.717) is 17.5 Å². The summed E-state index contributed by atoms with van der Waals surface area (Å²) in [6.45, 7) is 5.19. The van der Waals surface area contributed by atoms with E-state index < -0.39 is 0 Å². The molecule has 0 bridgehead atoms. The van der Waals surface area contributed by atoms with E-state index in [4.69, 9.17) is 0 Å². The highest BCUT2D eigenvalue weighted by Crippen LogP contribution is 2.14. The second-order valence-electron chi connectivity index (χ2n) is 4.06. The fourth-order valence-electron chi connectivity index (χ4n) is 1.61. The van der Waals surface area contributed by atoms with E-state index in [1.807, 2.05) is 0 Å². The summed E-state index contributed by atoms with van der Waals surface area (Å²) in [7, 11) is 0. The Morgan fingerprint density at radius 3 is 2.69 bits per heavy atom. The van der Waals surface area contributed by atoms with Crippen LogP contribution in [0.2, 0.25) is 0 Å². The molecule has 0 radical (unpaired) electrons. The molecule has 0 aromatic rings. The Morgan fingerprint density at radius 2 is 2.19 bits per heavy atom. The van der Waals surface area contributed by atoms with E-state index in [1.54, 1.807) is 16.7 Å². The predicted molar refractivity (Wildman–Crippen MR) is 66.1 cm³/mol. The topological polar surface area (TPSA) is 49.4 Å². The number of amides is 2. The molecule has 1 aliphatic heterocycles. The summed E-state index contributed by atoms with van der Waals surface area (Å²) in [5, 5.41) is 2.89. The van der Waals surface area contributed by atoms with Crippen LogP contribution in [0.3, 0.4) is 0 Å². The van der Waals surface area contributed by atoms with Crippen molar-refractivity contribution in [3.05, 3.63) is 0 Å². The molecule has 0 aliphatic carbocycles. The number of thioether (sulfide) groups is 1. The quantitative estimate of drug-likeness (QED) is 0.760. The molecule has 2 amide bonds. The molecule has 1 fully saturated rings. The third-order valence-corrected chi connectivity index (χ3v) is 3.85. The molecule has 1 rings (SSSR count). The van der Waals surface area contributed by atoms with Crippen LogP contribution < -0.4 is 5.32 Å². The minimum Gasteiger partial charge on any atom is -0.354 e. The molecule has 1 saturated heterocycles. The predicted octanol–water partition coefficient (Wildman–Crippen LogP) is 1.07. The number of nitrogens with one attached hydrogen (secondary N) is 1. The lowest BCUT2D eigenvalue weighted by Gasteiger charge is -2.16. The number of hydrogen-bond acceptors (Lipinski definition) is 3. The molecule has 0 unspecified atom stereocenters. The number of carbonyl (C=O) groups excluding carboxylic acids is 2. The molecular formula is C11H20N2O2S. The van der Waals surface area contributed by atoms with Gasteiger partial charge in [0.2, 0.25) is 11.8 Å². The first-order chi connectivity index (χ1) is 7.67. The third kappa shape index (κ3) is 4.04. The van der Waals surface area contributed by atoms with Crippen molar-refractivity contribution in [2.75, 3.05) is 24.7 Å². The van der Waals surface area contributed by atoms with Gasteiger partial charge in [-0.3, -0.25) is 9.59 Å². The van der Waals surface area contributed by atoms with Crippen molar-refractivity contribution in [1.82, 2.24) is 10.2 Å². The Morgan fingerprint density at radius 1 is 1.50 bits per heavy atom. The van der Waals surface area contributed by atoms with E-state index in [1.165, 1.54) is 0 Å². The van der Waals surface area contributed by atoms with Crippen LogP contribution in [0.5, 0.6) is 0 Å². The summed E-state index contributed by atoms with van der Waals surface area (Å²) in [5.41, 5.74) is 0. The smallest absolute Gasteiger partial charge is 0.239 e. The fourth-order valence-corrected chi connectivity index (χ4v) is 2.51. The fraction of sp³-hybridized carbons (Fsp3) is 0.818. The van der Waals surface area contributed by atoms with Gasteiger partial charge >= 0.3 is 0 Å². The summed E-state index contributed by atoms with van der Waals surface area (Å²) in [6.07, 6.45) is 2.16. The first-order valence-electron chi connectivity index (χ1n) is 5.79. The Bertz CT molecular complexity index is 254. The Labute approximate surface area is 101 Å². The van der Waals surface area contributed by atoms with Crippen LogP contribution in [0.4, 0.5) is 0 Å². The van der Waals surface area contributed by atoms with Crippen molar-refractivity contribution in [2.24, 2.45) is 5.92 Å². The molecular weight excluding hydrogens is 224 g/mol. The first-order valence-corrected chi connectivity index (χ1v) is 6.95. The van der Waals surface area contributed by atoms with E-state index >= 15 is 0 Å². The van der Waals surface area contributed by atoms with Gasteiger partial charge in [-0.2, -0.15) is 0 Å². The minimum atomic E-state index is -0.0391. The number of rotatable bonds is 6.